The van der Waals surface area contributed by atoms with Gasteiger partial charge in [-0.05, 0) is 37.8 Å². The first-order valence-corrected chi connectivity index (χ1v) is 7.97. The Bertz CT molecular complexity index is 566. The fourth-order valence-electron chi connectivity index (χ4n) is 4.04. The van der Waals surface area contributed by atoms with Gasteiger partial charge in [0.25, 0.3) is 0 Å². The molecule has 5 nitrogen and oxygen atoms in total. The molecular formula is C16H21FN2O3. The number of para-hydroxylation sites is 1. The number of halogens is 1. The monoisotopic (exact) mass is 308 g/mol. The highest BCUT2D eigenvalue weighted by Gasteiger charge is 2.39. The van der Waals surface area contributed by atoms with E-state index in [2.05, 4.69) is 0 Å². The molecule has 1 aromatic carbocycles. The van der Waals surface area contributed by atoms with Gasteiger partial charge in [0.15, 0.2) is 0 Å². The van der Waals surface area contributed by atoms with Gasteiger partial charge in [0, 0.05) is 18.5 Å². The Balaban J connectivity index is 1.93. The SMILES string of the molecule is O=[N+]([O-])c1c(F)cccc1N1CCC[C@@H]1[C@@H]1CCCC[C@H]1O. The number of nitrogens with zero attached hydrogens (tertiary/aromatic N) is 2. The third-order valence-corrected chi connectivity index (χ3v) is 5.03. The van der Waals surface area contributed by atoms with Crippen LogP contribution in [0.1, 0.15) is 38.5 Å². The number of hydrogen-bond donors (Lipinski definition) is 1. The van der Waals surface area contributed by atoms with E-state index in [1.807, 2.05) is 4.90 Å². The molecule has 1 aromatic rings. The Hall–Kier alpha value is -1.69. The number of nitro groups is 1. The minimum atomic E-state index is -0.794. The normalized spacial score (nSPS) is 28.8. The van der Waals surface area contributed by atoms with E-state index >= 15 is 0 Å². The van der Waals surface area contributed by atoms with Crippen LogP contribution in [0.15, 0.2) is 18.2 Å². The average Bonchev–Trinajstić information content (AvgIpc) is 2.96. The molecule has 120 valence electrons. The number of benzene rings is 1. The van der Waals surface area contributed by atoms with Crippen molar-refractivity contribution in [2.45, 2.75) is 50.7 Å². The van der Waals surface area contributed by atoms with Crippen LogP contribution in [0, 0.1) is 21.8 Å². The predicted molar refractivity (Wildman–Crippen MR) is 81.4 cm³/mol. The number of rotatable bonds is 3. The van der Waals surface area contributed by atoms with Crippen molar-refractivity contribution in [1.29, 1.82) is 0 Å². The molecule has 0 aromatic heterocycles. The second-order valence-corrected chi connectivity index (χ2v) is 6.28. The number of aliphatic hydroxyl groups excluding tert-OH is 1. The van der Waals surface area contributed by atoms with Crippen molar-refractivity contribution in [3.63, 3.8) is 0 Å². The van der Waals surface area contributed by atoms with Crippen molar-refractivity contribution in [1.82, 2.24) is 0 Å². The minimum absolute atomic E-state index is 0.0656. The lowest BCUT2D eigenvalue weighted by atomic mass is 9.80. The van der Waals surface area contributed by atoms with Crippen molar-refractivity contribution in [3.05, 3.63) is 34.1 Å². The zero-order valence-electron chi connectivity index (χ0n) is 12.4. The third-order valence-electron chi connectivity index (χ3n) is 5.03. The summed E-state index contributed by atoms with van der Waals surface area (Å²) in [6.45, 7) is 0.679. The molecule has 1 heterocycles. The van der Waals surface area contributed by atoms with Crippen LogP contribution < -0.4 is 4.90 Å². The molecule has 0 spiro atoms. The second-order valence-electron chi connectivity index (χ2n) is 6.28. The summed E-state index contributed by atoms with van der Waals surface area (Å²) >= 11 is 0. The molecule has 1 saturated carbocycles. The molecule has 1 aliphatic carbocycles. The fourth-order valence-corrected chi connectivity index (χ4v) is 4.04. The largest absolute Gasteiger partial charge is 0.393 e. The van der Waals surface area contributed by atoms with E-state index in [9.17, 15) is 19.6 Å². The molecule has 0 bridgehead atoms. The Labute approximate surface area is 128 Å². The molecule has 1 aliphatic heterocycles. The number of nitro benzene ring substituents is 1. The van der Waals surface area contributed by atoms with E-state index in [1.54, 1.807) is 6.07 Å². The molecule has 0 unspecified atom stereocenters. The molecule has 2 aliphatic rings. The summed E-state index contributed by atoms with van der Waals surface area (Å²) in [6, 6.07) is 4.33. The molecule has 0 radical (unpaired) electrons. The summed E-state index contributed by atoms with van der Waals surface area (Å²) in [6.07, 6.45) is 5.30. The van der Waals surface area contributed by atoms with Crippen molar-refractivity contribution in [3.8, 4) is 0 Å². The van der Waals surface area contributed by atoms with Gasteiger partial charge in [-0.1, -0.05) is 18.9 Å². The van der Waals surface area contributed by atoms with E-state index in [-0.39, 0.29) is 18.1 Å². The lowest BCUT2D eigenvalue weighted by Crippen LogP contribution is -2.43. The van der Waals surface area contributed by atoms with Crippen LogP contribution in [0.2, 0.25) is 0 Å². The number of anilines is 1. The van der Waals surface area contributed by atoms with Gasteiger partial charge in [-0.3, -0.25) is 10.1 Å². The van der Waals surface area contributed by atoms with E-state index in [4.69, 9.17) is 0 Å². The Morgan fingerprint density at radius 2 is 2.00 bits per heavy atom. The van der Waals surface area contributed by atoms with Gasteiger partial charge in [-0.25, -0.2) is 0 Å². The zero-order valence-corrected chi connectivity index (χ0v) is 12.4. The summed E-state index contributed by atoms with van der Waals surface area (Å²) in [7, 11) is 0. The molecule has 3 rings (SSSR count). The maximum atomic E-state index is 13.9. The quantitative estimate of drug-likeness (QED) is 0.687. The average molecular weight is 308 g/mol. The lowest BCUT2D eigenvalue weighted by Gasteiger charge is -2.38. The molecular weight excluding hydrogens is 287 g/mol. The van der Waals surface area contributed by atoms with Gasteiger partial charge in [0.05, 0.1) is 11.0 Å². The maximum Gasteiger partial charge on any atom is 0.327 e. The predicted octanol–water partition coefficient (Wildman–Crippen LogP) is 3.25. The zero-order chi connectivity index (χ0) is 15.7. The first kappa shape index (κ1) is 15.2. The summed E-state index contributed by atoms with van der Waals surface area (Å²) in [4.78, 5) is 12.5. The Kier molecular flexibility index (Phi) is 4.29. The Morgan fingerprint density at radius 3 is 2.73 bits per heavy atom. The van der Waals surface area contributed by atoms with Crippen LogP contribution in [0.3, 0.4) is 0 Å². The summed E-state index contributed by atoms with van der Waals surface area (Å²) < 4.78 is 13.9. The van der Waals surface area contributed by atoms with Crippen molar-refractivity contribution in [2.24, 2.45) is 5.92 Å². The van der Waals surface area contributed by atoms with E-state index in [1.165, 1.54) is 6.07 Å². The third kappa shape index (κ3) is 2.67. The van der Waals surface area contributed by atoms with Crippen molar-refractivity contribution >= 4 is 11.4 Å². The summed E-state index contributed by atoms with van der Waals surface area (Å²) in [5.74, 6) is -0.670. The molecule has 2 fully saturated rings. The second kappa shape index (κ2) is 6.20. The first-order chi connectivity index (χ1) is 10.6. The topological polar surface area (TPSA) is 66.6 Å². The molecule has 1 N–H and O–H groups in total. The van der Waals surface area contributed by atoms with Gasteiger partial charge in [-0.15, -0.1) is 0 Å². The van der Waals surface area contributed by atoms with Crippen LogP contribution >= 0.6 is 0 Å². The number of hydrogen-bond acceptors (Lipinski definition) is 4. The van der Waals surface area contributed by atoms with Crippen LogP contribution in [-0.2, 0) is 0 Å². The first-order valence-electron chi connectivity index (χ1n) is 7.97. The van der Waals surface area contributed by atoms with Crippen LogP contribution in [0.25, 0.3) is 0 Å². The standard InChI is InChI=1S/C16H21FN2O3/c17-12-6-3-7-14(16(12)19(21)22)18-10-4-8-13(18)11-5-1-2-9-15(11)20/h3,6-7,11,13,15,20H,1-2,4-5,8-10H2/t11-,13+,15+/m0/s1. The smallest absolute Gasteiger partial charge is 0.327 e. The van der Waals surface area contributed by atoms with Gasteiger partial charge >= 0.3 is 5.69 Å². The van der Waals surface area contributed by atoms with Crippen LogP contribution in [-0.4, -0.2) is 28.7 Å². The van der Waals surface area contributed by atoms with E-state index < -0.39 is 16.4 Å². The highest BCUT2D eigenvalue weighted by atomic mass is 19.1. The molecule has 0 amide bonds. The Morgan fingerprint density at radius 1 is 1.23 bits per heavy atom. The van der Waals surface area contributed by atoms with Gasteiger partial charge < -0.3 is 10.0 Å². The van der Waals surface area contributed by atoms with Gasteiger partial charge in [0.2, 0.25) is 5.82 Å². The number of aliphatic hydroxyl groups is 1. The van der Waals surface area contributed by atoms with Crippen molar-refractivity contribution < 1.29 is 14.4 Å². The van der Waals surface area contributed by atoms with Crippen LogP contribution in [0.5, 0.6) is 0 Å². The molecule has 3 atom stereocenters. The summed E-state index contributed by atoms with van der Waals surface area (Å²) in [5.41, 5.74) is -0.0926. The highest BCUT2D eigenvalue weighted by Crippen LogP contribution is 2.40. The van der Waals surface area contributed by atoms with Crippen LogP contribution in [0.4, 0.5) is 15.8 Å². The van der Waals surface area contributed by atoms with Crippen molar-refractivity contribution in [2.75, 3.05) is 11.4 Å². The molecule has 6 heteroatoms. The van der Waals surface area contributed by atoms with Gasteiger partial charge in [0.1, 0.15) is 5.69 Å². The summed E-state index contributed by atoms with van der Waals surface area (Å²) in [5, 5.41) is 21.5. The fraction of sp³-hybridized carbons (Fsp3) is 0.625. The minimum Gasteiger partial charge on any atom is -0.393 e. The lowest BCUT2D eigenvalue weighted by molar-refractivity contribution is -0.386. The highest BCUT2D eigenvalue weighted by molar-refractivity contribution is 5.65. The van der Waals surface area contributed by atoms with E-state index in [0.717, 1.165) is 44.6 Å². The molecule has 1 saturated heterocycles. The maximum absolute atomic E-state index is 13.9. The van der Waals surface area contributed by atoms with E-state index in [0.29, 0.717) is 12.2 Å². The van der Waals surface area contributed by atoms with Gasteiger partial charge in [-0.2, -0.15) is 4.39 Å². The molecule has 22 heavy (non-hydrogen) atoms.